The van der Waals surface area contributed by atoms with Gasteiger partial charge in [-0.15, -0.1) is 0 Å². The van der Waals surface area contributed by atoms with Gasteiger partial charge in [0.15, 0.2) is 8.32 Å². The maximum Gasteiger partial charge on any atom is 0.192 e. The molecule has 3 N–H and O–H groups in total. The molecule has 37 heavy (non-hydrogen) atoms. The van der Waals surface area contributed by atoms with Crippen LogP contribution in [0.4, 0.5) is 8.78 Å². The molecule has 5 atom stereocenters. The van der Waals surface area contributed by atoms with Crippen molar-refractivity contribution in [1.82, 2.24) is 5.32 Å². The van der Waals surface area contributed by atoms with E-state index in [0.29, 0.717) is 36.3 Å². The lowest BCUT2D eigenvalue weighted by atomic mass is 9.96. The van der Waals surface area contributed by atoms with Gasteiger partial charge in [0, 0.05) is 25.1 Å². The fraction of sp³-hybridized carbons (Fsp3) is 0.571. The Balaban J connectivity index is 1.35. The summed E-state index contributed by atoms with van der Waals surface area (Å²) in [5, 5.41) is 24.7. The first-order valence-electron chi connectivity index (χ1n) is 13.0. The van der Waals surface area contributed by atoms with Gasteiger partial charge in [-0.1, -0.05) is 20.8 Å². The van der Waals surface area contributed by atoms with Crippen molar-refractivity contribution >= 4 is 8.32 Å². The summed E-state index contributed by atoms with van der Waals surface area (Å²) in [4.78, 5) is 0. The average molecular weight is 536 g/mol. The van der Waals surface area contributed by atoms with E-state index in [9.17, 15) is 19.0 Å². The van der Waals surface area contributed by atoms with Crippen LogP contribution in [0.3, 0.4) is 0 Å². The van der Waals surface area contributed by atoms with Gasteiger partial charge < -0.3 is 29.4 Å². The fourth-order valence-corrected chi connectivity index (χ4v) is 5.89. The molecule has 2 aliphatic heterocycles. The molecule has 0 bridgehead atoms. The molecular weight excluding hydrogens is 496 g/mol. The highest BCUT2D eigenvalue weighted by molar-refractivity contribution is 6.74. The van der Waals surface area contributed by atoms with E-state index in [1.165, 1.54) is 24.3 Å². The Labute approximate surface area is 219 Å². The van der Waals surface area contributed by atoms with Gasteiger partial charge in [0.2, 0.25) is 0 Å². The number of hydrogen-bond donors (Lipinski definition) is 3. The van der Waals surface area contributed by atoms with Crippen molar-refractivity contribution < 1.29 is 32.9 Å². The number of aliphatic hydroxyl groups is 2. The molecule has 9 heteroatoms. The SMILES string of the molecule is CC(C)(C)[Si](C)(C)OC1CC(C(O)CNCC(O)C2CCc3cc(F)ccc3O2)Oc2ccc(F)cc21. The van der Waals surface area contributed by atoms with Crippen molar-refractivity contribution in [2.24, 2.45) is 0 Å². The number of halogens is 2. The Morgan fingerprint density at radius 3 is 2.24 bits per heavy atom. The molecule has 0 amide bonds. The van der Waals surface area contributed by atoms with E-state index in [2.05, 4.69) is 39.2 Å². The van der Waals surface area contributed by atoms with Crippen LogP contribution in [0.1, 0.15) is 50.8 Å². The lowest BCUT2D eigenvalue weighted by Gasteiger charge is -2.42. The van der Waals surface area contributed by atoms with Gasteiger partial charge in [-0.25, -0.2) is 8.78 Å². The van der Waals surface area contributed by atoms with Crippen LogP contribution in [0, 0.1) is 11.6 Å². The summed E-state index contributed by atoms with van der Waals surface area (Å²) in [6, 6.07) is 8.80. The second-order valence-electron chi connectivity index (χ2n) is 11.7. The van der Waals surface area contributed by atoms with Crippen molar-refractivity contribution in [3.8, 4) is 11.5 Å². The molecule has 5 unspecified atom stereocenters. The van der Waals surface area contributed by atoms with E-state index >= 15 is 0 Å². The maximum absolute atomic E-state index is 14.1. The predicted octanol–water partition coefficient (Wildman–Crippen LogP) is 4.88. The van der Waals surface area contributed by atoms with Crippen LogP contribution < -0.4 is 14.8 Å². The van der Waals surface area contributed by atoms with Crippen LogP contribution in [-0.2, 0) is 10.8 Å². The molecule has 2 aromatic carbocycles. The van der Waals surface area contributed by atoms with Gasteiger partial charge >= 0.3 is 0 Å². The van der Waals surface area contributed by atoms with Crippen molar-refractivity contribution in [1.29, 1.82) is 0 Å². The summed E-state index contributed by atoms with van der Waals surface area (Å²) >= 11 is 0. The number of aryl methyl sites for hydroxylation is 1. The minimum atomic E-state index is -2.17. The van der Waals surface area contributed by atoms with Crippen molar-refractivity contribution in [3.63, 3.8) is 0 Å². The topological polar surface area (TPSA) is 80.2 Å². The third kappa shape index (κ3) is 6.52. The quantitative estimate of drug-likeness (QED) is 0.418. The van der Waals surface area contributed by atoms with Crippen LogP contribution in [0.5, 0.6) is 11.5 Å². The highest BCUT2D eigenvalue weighted by atomic mass is 28.4. The van der Waals surface area contributed by atoms with Crippen LogP contribution in [0.2, 0.25) is 18.1 Å². The molecule has 0 saturated heterocycles. The molecule has 0 radical (unpaired) electrons. The zero-order valence-corrected chi connectivity index (χ0v) is 23.3. The second-order valence-corrected chi connectivity index (χ2v) is 16.4. The summed E-state index contributed by atoms with van der Waals surface area (Å²) in [5.74, 6) is 0.464. The van der Waals surface area contributed by atoms with E-state index in [4.69, 9.17) is 13.9 Å². The summed E-state index contributed by atoms with van der Waals surface area (Å²) in [6.07, 6.45) is -1.42. The van der Waals surface area contributed by atoms with Crippen LogP contribution in [-0.4, -0.2) is 56.0 Å². The fourth-order valence-electron chi connectivity index (χ4n) is 4.60. The lowest BCUT2D eigenvalue weighted by molar-refractivity contribution is -0.0147. The number of fused-ring (bicyclic) bond motifs is 2. The Morgan fingerprint density at radius 2 is 1.57 bits per heavy atom. The van der Waals surface area contributed by atoms with Gasteiger partial charge in [-0.2, -0.15) is 0 Å². The van der Waals surface area contributed by atoms with Gasteiger partial charge in [0.1, 0.15) is 47.5 Å². The third-order valence-electron chi connectivity index (χ3n) is 7.85. The van der Waals surface area contributed by atoms with E-state index in [0.717, 1.165) is 5.56 Å². The first-order valence-corrected chi connectivity index (χ1v) is 15.9. The summed E-state index contributed by atoms with van der Waals surface area (Å²) < 4.78 is 46.1. The van der Waals surface area contributed by atoms with Crippen molar-refractivity contribution in [2.45, 2.75) is 88.7 Å². The largest absolute Gasteiger partial charge is 0.487 e. The van der Waals surface area contributed by atoms with Gasteiger partial charge in [0.05, 0.1) is 6.10 Å². The molecule has 0 fully saturated rings. The number of nitrogens with one attached hydrogen (secondary N) is 1. The van der Waals surface area contributed by atoms with E-state index in [-0.39, 0.29) is 35.9 Å². The molecule has 204 valence electrons. The van der Waals surface area contributed by atoms with Crippen LogP contribution in [0.15, 0.2) is 36.4 Å². The zero-order chi connectivity index (χ0) is 27.0. The number of hydrogen-bond acceptors (Lipinski definition) is 6. The predicted molar refractivity (Wildman–Crippen MR) is 140 cm³/mol. The molecule has 4 rings (SSSR count). The van der Waals surface area contributed by atoms with Crippen LogP contribution >= 0.6 is 0 Å². The molecule has 0 spiro atoms. The summed E-state index contributed by atoms with van der Waals surface area (Å²) in [6.45, 7) is 11.2. The molecule has 2 heterocycles. The standard InChI is InChI=1S/C28H39F2NO5Si/c1-28(2,3)37(4,5)36-26-14-27(35-24-11-8-19(30)13-20(24)26)22(33)16-31-15-21(32)25-9-6-17-12-18(29)7-10-23(17)34-25/h7-8,10-13,21-22,25-27,31-33H,6,9,14-16H2,1-5H3. The minimum Gasteiger partial charge on any atom is -0.487 e. The van der Waals surface area contributed by atoms with E-state index < -0.39 is 32.7 Å². The Hall–Kier alpha value is -2.04. The van der Waals surface area contributed by atoms with Crippen molar-refractivity contribution in [3.05, 3.63) is 59.2 Å². The lowest BCUT2D eigenvalue weighted by Crippen LogP contribution is -2.48. The average Bonchev–Trinajstić information content (AvgIpc) is 2.82. The van der Waals surface area contributed by atoms with Gasteiger partial charge in [-0.05, 0) is 72.9 Å². The van der Waals surface area contributed by atoms with Crippen LogP contribution in [0.25, 0.3) is 0 Å². The summed E-state index contributed by atoms with van der Waals surface area (Å²) in [7, 11) is -2.17. The third-order valence-corrected chi connectivity index (χ3v) is 12.3. The molecule has 0 aromatic heterocycles. The highest BCUT2D eigenvalue weighted by Crippen LogP contribution is 2.45. The zero-order valence-electron chi connectivity index (χ0n) is 22.3. The first-order chi connectivity index (χ1) is 17.3. The monoisotopic (exact) mass is 535 g/mol. The normalized spacial score (nSPS) is 23.3. The molecule has 6 nitrogen and oxygen atoms in total. The number of aliphatic hydroxyl groups excluding tert-OH is 2. The number of rotatable bonds is 8. The Kier molecular flexibility index (Phi) is 8.30. The summed E-state index contributed by atoms with van der Waals surface area (Å²) in [5.41, 5.74) is 1.47. The molecule has 2 aromatic rings. The first kappa shape index (κ1) is 28.0. The maximum atomic E-state index is 14.1. The van der Waals surface area contributed by atoms with E-state index in [1.807, 2.05) is 0 Å². The van der Waals surface area contributed by atoms with Gasteiger partial charge in [0.25, 0.3) is 0 Å². The highest BCUT2D eigenvalue weighted by Gasteiger charge is 2.43. The molecule has 0 saturated carbocycles. The van der Waals surface area contributed by atoms with Gasteiger partial charge in [-0.3, -0.25) is 0 Å². The second kappa shape index (κ2) is 11.0. The van der Waals surface area contributed by atoms with Crippen molar-refractivity contribution in [2.75, 3.05) is 13.1 Å². The Morgan fingerprint density at radius 1 is 0.973 bits per heavy atom. The minimum absolute atomic E-state index is 0.0273. The number of ether oxygens (including phenoxy) is 2. The molecule has 2 aliphatic rings. The Bertz CT molecular complexity index is 1090. The smallest absolute Gasteiger partial charge is 0.192 e. The van der Waals surface area contributed by atoms with E-state index in [1.54, 1.807) is 12.1 Å². The molecule has 0 aliphatic carbocycles. The molecular formula is C28H39F2NO5Si. The number of benzene rings is 2.